The third kappa shape index (κ3) is 6.12. The normalized spacial score (nSPS) is 12.0. The number of rotatable bonds is 10. The van der Waals surface area contributed by atoms with E-state index in [0.29, 0.717) is 12.1 Å². The Labute approximate surface area is 213 Å². The molecule has 3 aromatic carbocycles. The van der Waals surface area contributed by atoms with Crippen LogP contribution < -0.4 is 9.62 Å². The molecule has 3 rings (SSSR count). The van der Waals surface area contributed by atoms with Gasteiger partial charge in [-0.2, -0.15) is 0 Å². The van der Waals surface area contributed by atoms with Crippen LogP contribution in [0.2, 0.25) is 0 Å². The van der Waals surface area contributed by atoms with E-state index in [1.54, 1.807) is 24.3 Å². The fourth-order valence-corrected chi connectivity index (χ4v) is 5.68. The van der Waals surface area contributed by atoms with Gasteiger partial charge in [-0.15, -0.1) is 0 Å². The molecule has 2 amide bonds. The maximum absolute atomic E-state index is 13.8. The predicted octanol–water partition coefficient (Wildman–Crippen LogP) is 4.05. The van der Waals surface area contributed by atoms with E-state index in [1.807, 2.05) is 63.2 Å². The number of anilines is 1. The average molecular weight is 508 g/mol. The maximum atomic E-state index is 13.8. The van der Waals surface area contributed by atoms with E-state index in [1.165, 1.54) is 24.1 Å². The number of sulfonamides is 1. The van der Waals surface area contributed by atoms with Gasteiger partial charge in [-0.3, -0.25) is 13.9 Å². The molecule has 190 valence electrons. The first-order valence-corrected chi connectivity index (χ1v) is 13.3. The van der Waals surface area contributed by atoms with Gasteiger partial charge < -0.3 is 10.2 Å². The number of nitrogens with one attached hydrogen (secondary N) is 1. The van der Waals surface area contributed by atoms with Gasteiger partial charge in [0.1, 0.15) is 12.6 Å². The molecule has 0 bridgehead atoms. The molecule has 0 unspecified atom stereocenters. The highest BCUT2D eigenvalue weighted by atomic mass is 32.2. The van der Waals surface area contributed by atoms with Crippen LogP contribution in [0.1, 0.15) is 30.0 Å². The summed E-state index contributed by atoms with van der Waals surface area (Å²) in [7, 11) is -2.54. The number of benzene rings is 3. The van der Waals surface area contributed by atoms with Crippen LogP contribution in [0.15, 0.2) is 83.8 Å². The van der Waals surface area contributed by atoms with Crippen molar-refractivity contribution >= 4 is 27.5 Å². The number of nitrogens with zero attached hydrogens (tertiary/aromatic N) is 2. The van der Waals surface area contributed by atoms with Crippen LogP contribution in [-0.2, 0) is 26.2 Å². The van der Waals surface area contributed by atoms with Crippen molar-refractivity contribution in [2.24, 2.45) is 0 Å². The standard InChI is InChI=1S/C28H33N3O4S/c1-5-25(28(33)29-4)30(19-23-12-8-6-9-13-23)27(32)20-31(26-17-16-21(2)18-22(26)3)36(34,35)24-14-10-7-11-15-24/h6-18,25H,5,19-20H2,1-4H3,(H,29,33)/t25-/m1/s1. The molecule has 0 aliphatic heterocycles. The number of hydrogen-bond donors (Lipinski definition) is 1. The molecule has 0 saturated heterocycles. The number of amides is 2. The molecule has 0 aliphatic carbocycles. The Morgan fingerprint density at radius 1 is 0.917 bits per heavy atom. The summed E-state index contributed by atoms with van der Waals surface area (Å²) in [5, 5.41) is 2.63. The van der Waals surface area contributed by atoms with Crippen LogP contribution in [0.5, 0.6) is 0 Å². The van der Waals surface area contributed by atoms with Crippen LogP contribution in [0.4, 0.5) is 5.69 Å². The fourth-order valence-electron chi connectivity index (χ4n) is 4.18. The van der Waals surface area contributed by atoms with E-state index in [4.69, 9.17) is 0 Å². The van der Waals surface area contributed by atoms with Gasteiger partial charge in [-0.1, -0.05) is 73.2 Å². The van der Waals surface area contributed by atoms with Gasteiger partial charge in [-0.25, -0.2) is 8.42 Å². The first-order chi connectivity index (χ1) is 17.2. The topological polar surface area (TPSA) is 86.8 Å². The molecule has 36 heavy (non-hydrogen) atoms. The van der Waals surface area contributed by atoms with Crippen molar-refractivity contribution in [2.45, 2.75) is 44.7 Å². The van der Waals surface area contributed by atoms with Crippen molar-refractivity contribution in [2.75, 3.05) is 17.9 Å². The zero-order valence-electron chi connectivity index (χ0n) is 21.1. The Morgan fingerprint density at radius 2 is 1.53 bits per heavy atom. The van der Waals surface area contributed by atoms with E-state index >= 15 is 0 Å². The first-order valence-electron chi connectivity index (χ1n) is 11.9. The number of aryl methyl sites for hydroxylation is 2. The Kier molecular flexibility index (Phi) is 8.88. The first kappa shape index (κ1) is 26.9. The number of hydrogen-bond acceptors (Lipinski definition) is 4. The smallest absolute Gasteiger partial charge is 0.264 e. The Balaban J connectivity index is 2.07. The Bertz CT molecular complexity index is 1290. The van der Waals surface area contributed by atoms with E-state index < -0.39 is 28.5 Å². The highest BCUT2D eigenvalue weighted by Gasteiger charge is 2.33. The third-order valence-electron chi connectivity index (χ3n) is 6.06. The summed E-state index contributed by atoms with van der Waals surface area (Å²) in [6.07, 6.45) is 0.382. The summed E-state index contributed by atoms with van der Waals surface area (Å²) in [5.41, 5.74) is 2.98. The predicted molar refractivity (Wildman–Crippen MR) is 142 cm³/mol. The maximum Gasteiger partial charge on any atom is 0.264 e. The summed E-state index contributed by atoms with van der Waals surface area (Å²) in [6, 6.07) is 22.1. The highest BCUT2D eigenvalue weighted by molar-refractivity contribution is 7.92. The molecule has 7 nitrogen and oxygen atoms in total. The minimum atomic E-state index is -4.06. The number of likely N-dealkylation sites (N-methyl/N-ethyl adjacent to an activating group) is 1. The lowest BCUT2D eigenvalue weighted by Crippen LogP contribution is -2.51. The van der Waals surface area contributed by atoms with Crippen LogP contribution in [0.3, 0.4) is 0 Å². The second-order valence-electron chi connectivity index (χ2n) is 8.66. The second kappa shape index (κ2) is 11.9. The molecule has 0 saturated carbocycles. The summed E-state index contributed by atoms with van der Waals surface area (Å²) in [6.45, 7) is 5.31. The number of carbonyl (C=O) groups is 2. The van der Waals surface area contributed by atoms with E-state index in [9.17, 15) is 18.0 Å². The van der Waals surface area contributed by atoms with Crippen molar-refractivity contribution in [1.82, 2.24) is 10.2 Å². The SMILES string of the molecule is CC[C@H](C(=O)NC)N(Cc1ccccc1)C(=O)CN(c1ccc(C)cc1C)S(=O)(=O)c1ccccc1. The lowest BCUT2D eigenvalue weighted by atomic mass is 10.1. The molecule has 1 atom stereocenters. The molecule has 0 spiro atoms. The van der Waals surface area contributed by atoms with Crippen molar-refractivity contribution in [3.63, 3.8) is 0 Å². The molecule has 0 aromatic heterocycles. The van der Waals surface area contributed by atoms with Crippen molar-refractivity contribution in [3.05, 3.63) is 95.6 Å². The molecule has 0 heterocycles. The lowest BCUT2D eigenvalue weighted by molar-refractivity contribution is -0.140. The Morgan fingerprint density at radius 3 is 2.08 bits per heavy atom. The zero-order valence-corrected chi connectivity index (χ0v) is 22.0. The summed E-state index contributed by atoms with van der Waals surface area (Å²) in [5.74, 6) is -0.764. The minimum Gasteiger partial charge on any atom is -0.357 e. The molecular weight excluding hydrogens is 474 g/mol. The van der Waals surface area contributed by atoms with Gasteiger partial charge in [0.2, 0.25) is 11.8 Å². The van der Waals surface area contributed by atoms with E-state index in [2.05, 4.69) is 5.32 Å². The minimum absolute atomic E-state index is 0.0886. The largest absolute Gasteiger partial charge is 0.357 e. The van der Waals surface area contributed by atoms with Gasteiger partial charge in [0.25, 0.3) is 10.0 Å². The highest BCUT2D eigenvalue weighted by Crippen LogP contribution is 2.28. The Hall–Kier alpha value is -3.65. The van der Waals surface area contributed by atoms with Gasteiger partial charge in [-0.05, 0) is 49.6 Å². The van der Waals surface area contributed by atoms with Crippen molar-refractivity contribution in [1.29, 1.82) is 0 Å². The van der Waals surface area contributed by atoms with Crippen molar-refractivity contribution < 1.29 is 18.0 Å². The fraction of sp³-hybridized carbons (Fsp3) is 0.286. The number of carbonyl (C=O) groups excluding carboxylic acids is 2. The lowest BCUT2D eigenvalue weighted by Gasteiger charge is -2.33. The molecule has 8 heteroatoms. The van der Waals surface area contributed by atoms with Gasteiger partial charge in [0.15, 0.2) is 0 Å². The molecule has 0 radical (unpaired) electrons. The molecular formula is C28H33N3O4S. The van der Waals surface area contributed by atoms with Gasteiger partial charge in [0.05, 0.1) is 10.6 Å². The van der Waals surface area contributed by atoms with Gasteiger partial charge >= 0.3 is 0 Å². The van der Waals surface area contributed by atoms with Gasteiger partial charge in [0, 0.05) is 13.6 Å². The molecule has 1 N–H and O–H groups in total. The van der Waals surface area contributed by atoms with Crippen LogP contribution >= 0.6 is 0 Å². The summed E-state index contributed by atoms with van der Waals surface area (Å²) >= 11 is 0. The summed E-state index contributed by atoms with van der Waals surface area (Å²) < 4.78 is 28.7. The molecule has 3 aromatic rings. The second-order valence-corrected chi connectivity index (χ2v) is 10.5. The zero-order chi connectivity index (χ0) is 26.3. The van der Waals surface area contributed by atoms with Crippen LogP contribution in [0.25, 0.3) is 0 Å². The summed E-state index contributed by atoms with van der Waals surface area (Å²) in [4.78, 5) is 28.1. The van der Waals surface area contributed by atoms with Crippen LogP contribution in [-0.4, -0.2) is 44.8 Å². The van der Waals surface area contributed by atoms with E-state index in [-0.39, 0.29) is 17.3 Å². The van der Waals surface area contributed by atoms with E-state index in [0.717, 1.165) is 21.0 Å². The molecule has 0 aliphatic rings. The quantitative estimate of drug-likeness (QED) is 0.449. The third-order valence-corrected chi connectivity index (χ3v) is 7.83. The van der Waals surface area contributed by atoms with Crippen molar-refractivity contribution in [3.8, 4) is 0 Å². The molecule has 0 fully saturated rings. The van der Waals surface area contributed by atoms with Crippen LogP contribution in [0, 0.1) is 13.8 Å². The average Bonchev–Trinajstić information content (AvgIpc) is 2.88. The monoisotopic (exact) mass is 507 g/mol.